The first-order valence-electron chi connectivity index (χ1n) is 10.6. The van der Waals surface area contributed by atoms with E-state index in [1.54, 1.807) is 11.9 Å². The number of piperidine rings is 2. The van der Waals surface area contributed by atoms with E-state index < -0.39 is 11.3 Å². The topological polar surface area (TPSA) is 111 Å². The van der Waals surface area contributed by atoms with E-state index in [2.05, 4.69) is 16.0 Å². The second-order valence-electron chi connectivity index (χ2n) is 10.2. The molecular formula is C20H28N4O4. The molecule has 0 spiro atoms. The van der Waals surface area contributed by atoms with Gasteiger partial charge in [0.2, 0.25) is 11.8 Å². The van der Waals surface area contributed by atoms with Crippen LogP contribution in [0.15, 0.2) is 0 Å². The lowest BCUT2D eigenvalue weighted by molar-refractivity contribution is -0.213. The van der Waals surface area contributed by atoms with Gasteiger partial charge in [0.25, 0.3) is 5.91 Å². The maximum Gasteiger partial charge on any atom is 0.254 e. The third-order valence-corrected chi connectivity index (χ3v) is 9.19. The molecule has 2 saturated heterocycles. The maximum atomic E-state index is 13.0. The van der Waals surface area contributed by atoms with Crippen molar-refractivity contribution in [1.82, 2.24) is 20.9 Å². The first kappa shape index (κ1) is 17.2. The summed E-state index contributed by atoms with van der Waals surface area (Å²) >= 11 is 0. The monoisotopic (exact) mass is 388 g/mol. The van der Waals surface area contributed by atoms with Crippen LogP contribution in [0.4, 0.5) is 0 Å². The summed E-state index contributed by atoms with van der Waals surface area (Å²) in [5.41, 5.74) is -1.94. The van der Waals surface area contributed by atoms with Gasteiger partial charge in [-0.25, -0.2) is 0 Å². The van der Waals surface area contributed by atoms with Crippen LogP contribution in [-0.2, 0) is 14.4 Å². The largest absolute Gasteiger partial charge is 0.379 e. The Morgan fingerprint density at radius 3 is 2.57 bits per heavy atom. The van der Waals surface area contributed by atoms with Gasteiger partial charge in [-0.05, 0) is 51.0 Å². The fourth-order valence-corrected chi connectivity index (χ4v) is 8.86. The smallest absolute Gasteiger partial charge is 0.254 e. The molecule has 8 nitrogen and oxygen atoms in total. The fraction of sp³-hybridized carbons (Fsp3) is 0.850. The van der Waals surface area contributed by atoms with Crippen molar-refractivity contribution in [1.29, 1.82) is 0 Å². The number of amides is 3. The van der Waals surface area contributed by atoms with Gasteiger partial charge >= 0.3 is 0 Å². The summed E-state index contributed by atoms with van der Waals surface area (Å²) in [5, 5.41) is 20.4. The van der Waals surface area contributed by atoms with Crippen LogP contribution in [0.25, 0.3) is 0 Å². The minimum Gasteiger partial charge on any atom is -0.379 e. The van der Waals surface area contributed by atoms with Gasteiger partial charge in [-0.3, -0.25) is 14.4 Å². The number of rotatable bonds is 6. The number of fused-ring (bicyclic) bond motifs is 1. The summed E-state index contributed by atoms with van der Waals surface area (Å²) in [7, 11) is 1.71. The van der Waals surface area contributed by atoms with Gasteiger partial charge in [-0.15, -0.1) is 0 Å². The van der Waals surface area contributed by atoms with E-state index in [4.69, 9.17) is 0 Å². The first-order valence-corrected chi connectivity index (χ1v) is 10.6. The van der Waals surface area contributed by atoms with E-state index in [-0.39, 0.29) is 60.5 Å². The Kier molecular flexibility index (Phi) is 3.01. The molecule has 2 heterocycles. The van der Waals surface area contributed by atoms with Gasteiger partial charge in [-0.2, -0.15) is 0 Å². The highest BCUT2D eigenvalue weighted by atomic mass is 16.3. The fourth-order valence-electron chi connectivity index (χ4n) is 8.86. The number of nitrogens with one attached hydrogen (secondary N) is 3. The summed E-state index contributed by atoms with van der Waals surface area (Å²) in [4.78, 5) is 39.8. The zero-order valence-corrected chi connectivity index (χ0v) is 16.4. The normalized spacial score (nSPS) is 52.4. The Morgan fingerprint density at radius 1 is 1.21 bits per heavy atom. The van der Waals surface area contributed by atoms with Gasteiger partial charge in [0.1, 0.15) is 11.3 Å². The lowest BCUT2D eigenvalue weighted by Gasteiger charge is -2.63. The van der Waals surface area contributed by atoms with Crippen LogP contribution >= 0.6 is 0 Å². The van der Waals surface area contributed by atoms with Crippen molar-refractivity contribution in [2.24, 2.45) is 47.3 Å². The molecule has 8 heteroatoms. The highest BCUT2D eigenvalue weighted by molar-refractivity contribution is 5.93. The first-order chi connectivity index (χ1) is 13.3. The maximum absolute atomic E-state index is 13.0. The van der Waals surface area contributed by atoms with Crippen LogP contribution in [0.1, 0.15) is 20.3 Å². The van der Waals surface area contributed by atoms with Crippen molar-refractivity contribution >= 4 is 17.7 Å². The van der Waals surface area contributed by atoms with Crippen molar-refractivity contribution in [2.75, 3.05) is 20.1 Å². The molecule has 3 amide bonds. The molecule has 7 rings (SSSR count). The molecule has 28 heavy (non-hydrogen) atoms. The van der Waals surface area contributed by atoms with E-state index in [1.165, 1.54) is 0 Å². The Bertz CT molecular complexity index is 816. The van der Waals surface area contributed by atoms with Crippen LogP contribution in [0.5, 0.6) is 0 Å². The molecule has 152 valence electrons. The number of likely N-dealkylation sites (N-methyl/N-ethyl adjacent to an activating group) is 1. The van der Waals surface area contributed by atoms with Gasteiger partial charge < -0.3 is 26.0 Å². The SMILES string of the molecule is CNCC(=O)N(CC(=O)NC12NC(=O)C3(O)C4C5CC(C6C5C3C61)C42)C(C)C. The van der Waals surface area contributed by atoms with Crippen molar-refractivity contribution in [2.45, 2.75) is 37.6 Å². The van der Waals surface area contributed by atoms with Crippen molar-refractivity contribution < 1.29 is 19.5 Å². The molecular weight excluding hydrogens is 360 g/mol. The third kappa shape index (κ3) is 1.52. The molecule has 10 unspecified atom stereocenters. The van der Waals surface area contributed by atoms with Gasteiger partial charge in [0.15, 0.2) is 0 Å². The second-order valence-corrected chi connectivity index (χ2v) is 10.2. The van der Waals surface area contributed by atoms with Crippen molar-refractivity contribution in [3.05, 3.63) is 0 Å². The van der Waals surface area contributed by atoms with Crippen molar-refractivity contribution in [3.8, 4) is 0 Å². The predicted octanol–water partition coefficient (Wildman–Crippen LogP) is -1.50. The van der Waals surface area contributed by atoms with E-state index >= 15 is 0 Å². The molecule has 7 aliphatic rings. The van der Waals surface area contributed by atoms with E-state index in [9.17, 15) is 19.5 Å². The predicted molar refractivity (Wildman–Crippen MR) is 97.3 cm³/mol. The summed E-state index contributed by atoms with van der Waals surface area (Å²) in [6, 6.07) is -0.0905. The highest BCUT2D eigenvalue weighted by Gasteiger charge is 2.95. The minimum absolute atomic E-state index is 0.00238. The second kappa shape index (κ2) is 4.90. The number of carbonyl (C=O) groups is 3. The van der Waals surface area contributed by atoms with Crippen molar-refractivity contribution in [3.63, 3.8) is 0 Å². The lowest BCUT2D eigenvalue weighted by Crippen LogP contribution is -2.84. The van der Waals surface area contributed by atoms with Gasteiger partial charge in [0, 0.05) is 29.7 Å². The Morgan fingerprint density at radius 2 is 1.89 bits per heavy atom. The van der Waals surface area contributed by atoms with E-state index in [1.807, 2.05) is 13.8 Å². The van der Waals surface area contributed by atoms with E-state index in [0.717, 1.165) is 6.42 Å². The van der Waals surface area contributed by atoms with E-state index in [0.29, 0.717) is 23.7 Å². The Labute approximate surface area is 163 Å². The molecule has 2 aliphatic heterocycles. The van der Waals surface area contributed by atoms with Crippen LogP contribution in [0.2, 0.25) is 0 Å². The Hall–Kier alpha value is -1.67. The quantitative estimate of drug-likeness (QED) is 0.443. The average Bonchev–Trinajstić information content (AvgIpc) is 3.13. The summed E-state index contributed by atoms with van der Waals surface area (Å²) < 4.78 is 0. The third-order valence-electron chi connectivity index (χ3n) is 9.19. The number of carbonyl (C=O) groups excluding carboxylic acids is 3. The molecule has 0 aromatic rings. The number of hydrogen-bond acceptors (Lipinski definition) is 5. The van der Waals surface area contributed by atoms with Gasteiger partial charge in [0.05, 0.1) is 13.1 Å². The van der Waals surface area contributed by atoms with Crippen LogP contribution in [-0.4, -0.2) is 65.2 Å². The summed E-state index contributed by atoms with van der Waals surface area (Å²) in [6.07, 6.45) is 1.09. The molecule has 4 N–H and O–H groups in total. The number of aliphatic hydroxyl groups is 1. The molecule has 0 aromatic carbocycles. The molecule has 0 radical (unpaired) electrons. The zero-order valence-electron chi connectivity index (χ0n) is 16.4. The molecule has 5 aliphatic carbocycles. The number of nitrogens with zero attached hydrogens (tertiary/aromatic N) is 1. The summed E-state index contributed by atoms with van der Waals surface area (Å²) in [5.74, 6) is 1.56. The summed E-state index contributed by atoms with van der Waals surface area (Å²) in [6.45, 7) is 3.95. The minimum atomic E-state index is -1.22. The zero-order chi connectivity index (χ0) is 19.7. The average molecular weight is 388 g/mol. The van der Waals surface area contributed by atoms with Crippen LogP contribution in [0.3, 0.4) is 0 Å². The Balaban J connectivity index is 1.28. The molecule has 7 fully saturated rings. The lowest BCUT2D eigenvalue weighted by atomic mass is 9.50. The molecule has 5 saturated carbocycles. The highest BCUT2D eigenvalue weighted by Crippen LogP contribution is 2.88. The molecule has 0 aromatic heterocycles. The van der Waals surface area contributed by atoms with Crippen LogP contribution in [0, 0.1) is 47.3 Å². The van der Waals surface area contributed by atoms with Gasteiger partial charge in [-0.1, -0.05) is 0 Å². The molecule has 10 atom stereocenters. The molecule has 4 bridgehead atoms. The van der Waals surface area contributed by atoms with Crippen LogP contribution < -0.4 is 16.0 Å². The number of hydrogen-bond donors (Lipinski definition) is 4. The standard InChI is InChI=1S/C20H28N4O4/c1-7(2)24(11(26)5-21-3)6-10(25)22-20-15-9-4-8-12-13(9)17(20)16(12)19(28,14(8)15)18(27)23-20/h7-9,12-17,21,28H,4-6H2,1-3H3,(H,22,25)(H,23,27).